The predicted octanol–water partition coefficient (Wildman–Crippen LogP) is 5.04. The normalized spacial score (nSPS) is 38.8. The second-order valence-corrected chi connectivity index (χ2v) is 15.1. The molecule has 12 heteroatoms. The molecule has 0 amide bonds. The van der Waals surface area contributed by atoms with Gasteiger partial charge in [0.05, 0.1) is 25.2 Å². The minimum atomic E-state index is -1.32. The summed E-state index contributed by atoms with van der Waals surface area (Å²) in [4.78, 5) is 29.9. The average molecular weight is 697 g/mol. The van der Waals surface area contributed by atoms with Gasteiger partial charge in [-0.05, 0) is 82.4 Å². The van der Waals surface area contributed by atoms with Crippen LogP contribution in [0.4, 0.5) is 0 Å². The number of methoxy groups -OCH3 is 1. The molecule has 1 aromatic rings. The largest absolute Gasteiger partial charge is 0.456 e. The third kappa shape index (κ3) is 7.42. The summed E-state index contributed by atoms with van der Waals surface area (Å²) in [7, 11) is 3.47. The van der Waals surface area contributed by atoms with Crippen molar-refractivity contribution in [1.82, 2.24) is 9.55 Å². The van der Waals surface area contributed by atoms with E-state index in [1.807, 2.05) is 50.7 Å². The lowest BCUT2D eigenvalue weighted by Crippen LogP contribution is -2.54. The molecular weight excluding hydrogens is 644 g/mol. The fourth-order valence-electron chi connectivity index (χ4n) is 8.11. The van der Waals surface area contributed by atoms with E-state index in [1.165, 1.54) is 18.6 Å². The molecule has 6 rings (SSSR count). The third-order valence-electron chi connectivity index (χ3n) is 10.7. The lowest BCUT2D eigenvalue weighted by Gasteiger charge is -2.41. The summed E-state index contributed by atoms with van der Waals surface area (Å²) < 4.78 is 51.7. The van der Waals surface area contributed by atoms with Crippen molar-refractivity contribution in [3.8, 4) is 0 Å². The van der Waals surface area contributed by atoms with Gasteiger partial charge in [0.25, 0.3) is 0 Å². The molecule has 0 saturated carbocycles. The van der Waals surface area contributed by atoms with Crippen LogP contribution < -0.4 is 0 Å². The minimum absolute atomic E-state index is 0.0480. The Kier molecular flexibility index (Phi) is 10.4. The third-order valence-corrected chi connectivity index (χ3v) is 10.7. The van der Waals surface area contributed by atoms with Crippen LogP contribution in [-0.2, 0) is 54.5 Å². The Bertz CT molecular complexity index is 1560. The van der Waals surface area contributed by atoms with E-state index in [9.17, 15) is 9.59 Å². The molecule has 0 unspecified atom stereocenters. The number of carbonyl (C=O) groups excluding carboxylic acids is 2. The predicted molar refractivity (Wildman–Crippen MR) is 182 cm³/mol. The standard InChI is InChI=1S/C38H52N2O10/c1-22(2)27-12-10-23(3)28-17-31(47-32(42)13-11-26-18-40(8)21-39-26)37(7)14-15-38(43-9,50-37)25(16-29(27)28)19-44-35-34(46-24(4)41)33-30(20-45-35)48-36(5,6)49-33/h10-11,13-16,18,21-22,27-31,33-35H,12,17,19-20H2,1-9H3/b13-11+,25-16-/t27-,28+,29-,30+,31+,33+,34-,35+,37+,38-/m1/s1. The maximum Gasteiger partial charge on any atom is 0.331 e. The van der Waals surface area contributed by atoms with E-state index >= 15 is 0 Å². The van der Waals surface area contributed by atoms with Gasteiger partial charge in [0.15, 0.2) is 18.2 Å². The van der Waals surface area contributed by atoms with Crippen molar-refractivity contribution in [1.29, 1.82) is 0 Å². The van der Waals surface area contributed by atoms with E-state index in [0.29, 0.717) is 24.0 Å². The summed E-state index contributed by atoms with van der Waals surface area (Å²) in [6, 6.07) is 0. The Labute approximate surface area is 294 Å². The summed E-state index contributed by atoms with van der Waals surface area (Å²) in [6.07, 6.45) is 13.0. The molecule has 4 aliphatic heterocycles. The van der Waals surface area contributed by atoms with Crippen LogP contribution in [0.15, 0.2) is 54.1 Å². The van der Waals surface area contributed by atoms with E-state index in [-0.39, 0.29) is 25.0 Å². The first-order valence-electron chi connectivity index (χ1n) is 17.6. The monoisotopic (exact) mass is 696 g/mol. The highest BCUT2D eigenvalue weighted by Gasteiger charge is 2.56. The molecular formula is C38H52N2O10. The maximum atomic E-state index is 13.4. The van der Waals surface area contributed by atoms with Crippen molar-refractivity contribution in [2.75, 3.05) is 20.3 Å². The highest BCUT2D eigenvalue weighted by Crippen LogP contribution is 2.50. The maximum absolute atomic E-state index is 13.4. The highest BCUT2D eigenvalue weighted by molar-refractivity contribution is 5.86. The zero-order valence-corrected chi connectivity index (χ0v) is 30.6. The molecule has 1 aromatic heterocycles. The lowest BCUT2D eigenvalue weighted by atomic mass is 9.65. The van der Waals surface area contributed by atoms with Crippen LogP contribution in [0.5, 0.6) is 0 Å². The Morgan fingerprint density at radius 3 is 2.62 bits per heavy atom. The molecule has 5 heterocycles. The molecule has 274 valence electrons. The van der Waals surface area contributed by atoms with E-state index in [0.717, 1.165) is 12.0 Å². The zero-order chi connectivity index (χ0) is 36.0. The van der Waals surface area contributed by atoms with E-state index in [2.05, 4.69) is 37.9 Å². The van der Waals surface area contributed by atoms with E-state index in [4.69, 9.17) is 37.9 Å². The number of aromatic nitrogens is 2. The lowest BCUT2D eigenvalue weighted by molar-refractivity contribution is -0.263. The summed E-state index contributed by atoms with van der Waals surface area (Å²) in [6.45, 7) is 13.8. The second kappa shape index (κ2) is 14.1. The number of rotatable bonds is 9. The molecule has 50 heavy (non-hydrogen) atoms. The molecule has 2 fully saturated rings. The number of fused-ring (bicyclic) bond motifs is 4. The highest BCUT2D eigenvalue weighted by atomic mass is 16.8. The number of allylic oxidation sites excluding steroid dienone is 3. The number of imidazole rings is 1. The topological polar surface area (TPSA) is 126 Å². The van der Waals surface area contributed by atoms with Gasteiger partial charge in [-0.2, -0.15) is 0 Å². The Morgan fingerprint density at radius 2 is 1.94 bits per heavy atom. The van der Waals surface area contributed by atoms with Crippen LogP contribution in [0.25, 0.3) is 6.08 Å². The van der Waals surface area contributed by atoms with Crippen molar-refractivity contribution in [3.63, 3.8) is 0 Å². The van der Waals surface area contributed by atoms with Crippen LogP contribution in [-0.4, -0.2) is 89.7 Å². The average Bonchev–Trinajstić information content (AvgIpc) is 3.73. The summed E-state index contributed by atoms with van der Waals surface area (Å²) in [5, 5.41) is 0. The van der Waals surface area contributed by atoms with Gasteiger partial charge < -0.3 is 42.5 Å². The molecule has 1 aliphatic carbocycles. The summed E-state index contributed by atoms with van der Waals surface area (Å²) in [5.74, 6) is -2.36. The second-order valence-electron chi connectivity index (χ2n) is 15.1. The molecule has 0 aromatic carbocycles. The molecule has 12 nitrogen and oxygen atoms in total. The molecule has 0 spiro atoms. The smallest absolute Gasteiger partial charge is 0.331 e. The minimum Gasteiger partial charge on any atom is -0.456 e. The van der Waals surface area contributed by atoms with Crippen LogP contribution in [0.3, 0.4) is 0 Å². The van der Waals surface area contributed by atoms with Crippen LogP contribution >= 0.6 is 0 Å². The number of ether oxygens (including phenoxy) is 8. The van der Waals surface area contributed by atoms with E-state index < -0.39 is 59.8 Å². The first-order valence-corrected chi connectivity index (χ1v) is 17.6. The zero-order valence-electron chi connectivity index (χ0n) is 30.6. The number of esters is 2. The van der Waals surface area contributed by atoms with Crippen molar-refractivity contribution in [2.45, 2.75) is 109 Å². The SMILES string of the molecule is CO[C@]12C=C[C@](C)(O1)[C@@H](OC(=O)/C=C/c1cn(C)cn1)C[C@H]1C(C)=CC[C@H](C(C)C)[C@H]1/C=C\2CO[C@H]1OC[C@@H]2OC(C)(C)O[C@@H]2[C@H]1OC(C)=O. The molecule has 2 saturated heterocycles. The van der Waals surface area contributed by atoms with Gasteiger partial charge in [-0.15, -0.1) is 0 Å². The van der Waals surface area contributed by atoms with E-state index in [1.54, 1.807) is 19.5 Å². The van der Waals surface area contributed by atoms with Gasteiger partial charge in [-0.25, -0.2) is 9.78 Å². The quantitative estimate of drug-likeness (QED) is 0.196. The summed E-state index contributed by atoms with van der Waals surface area (Å²) >= 11 is 0. The van der Waals surface area contributed by atoms with Gasteiger partial charge in [-0.3, -0.25) is 4.79 Å². The van der Waals surface area contributed by atoms with Crippen LogP contribution in [0, 0.1) is 23.7 Å². The van der Waals surface area contributed by atoms with Crippen LogP contribution in [0.2, 0.25) is 0 Å². The first kappa shape index (κ1) is 36.7. The summed E-state index contributed by atoms with van der Waals surface area (Å²) in [5.41, 5.74) is 1.61. The Balaban J connectivity index is 1.32. The number of nitrogens with zero attached hydrogens (tertiary/aromatic N) is 2. The van der Waals surface area contributed by atoms with Gasteiger partial charge in [0.2, 0.25) is 5.79 Å². The van der Waals surface area contributed by atoms with Gasteiger partial charge in [0, 0.05) is 38.9 Å². The first-order chi connectivity index (χ1) is 23.6. The molecule has 0 radical (unpaired) electrons. The van der Waals surface area contributed by atoms with Gasteiger partial charge in [-0.1, -0.05) is 31.6 Å². The number of carbonyl (C=O) groups is 2. The molecule has 0 N–H and O–H groups in total. The molecule has 5 aliphatic rings. The molecule has 2 bridgehead atoms. The molecule has 10 atom stereocenters. The van der Waals surface area contributed by atoms with Crippen molar-refractivity contribution >= 4 is 18.0 Å². The fourth-order valence-corrected chi connectivity index (χ4v) is 8.11. The van der Waals surface area contributed by atoms with Crippen molar-refractivity contribution < 1.29 is 47.5 Å². The van der Waals surface area contributed by atoms with Gasteiger partial charge >= 0.3 is 11.9 Å². The number of hydrogen-bond acceptors (Lipinski definition) is 11. The Hall–Kier alpha value is -3.13. The number of aryl methyl sites for hydroxylation is 1. The van der Waals surface area contributed by atoms with Gasteiger partial charge in [0.1, 0.15) is 23.9 Å². The van der Waals surface area contributed by atoms with Crippen molar-refractivity contribution in [3.05, 3.63) is 59.7 Å². The van der Waals surface area contributed by atoms with Crippen molar-refractivity contribution in [2.24, 2.45) is 30.7 Å². The fraction of sp³-hybridized carbons (Fsp3) is 0.658. The Morgan fingerprint density at radius 1 is 1.16 bits per heavy atom. The number of hydrogen-bond donors (Lipinski definition) is 0. The van der Waals surface area contributed by atoms with Crippen LogP contribution in [0.1, 0.15) is 67.0 Å².